The van der Waals surface area contributed by atoms with Crippen LogP contribution in [-0.2, 0) is 20.6 Å². The zero-order valence-electron chi connectivity index (χ0n) is 12.4. The highest BCUT2D eigenvalue weighted by Gasteiger charge is 2.16. The first kappa shape index (κ1) is 13.1. The van der Waals surface area contributed by atoms with Crippen molar-refractivity contribution < 1.29 is 0 Å². The predicted octanol–water partition coefficient (Wildman–Crippen LogP) is 2.14. The van der Waals surface area contributed by atoms with Crippen molar-refractivity contribution in [2.75, 3.05) is 0 Å². The third-order valence-corrected chi connectivity index (χ3v) is 4.22. The molecule has 7 heteroatoms. The van der Waals surface area contributed by atoms with Crippen molar-refractivity contribution in [3.63, 3.8) is 0 Å². The van der Waals surface area contributed by atoms with Crippen LogP contribution < -0.4 is 0 Å². The highest BCUT2D eigenvalue weighted by molar-refractivity contribution is 7.71. The van der Waals surface area contributed by atoms with Gasteiger partial charge in [-0.15, -0.1) is 0 Å². The number of aromatic amines is 1. The summed E-state index contributed by atoms with van der Waals surface area (Å²) in [4.78, 5) is 3.25. The van der Waals surface area contributed by atoms with E-state index in [1.807, 2.05) is 37.3 Å². The quantitative estimate of drug-likeness (QED) is 0.736. The highest BCUT2D eigenvalue weighted by atomic mass is 32.1. The Bertz CT molecular complexity index is 860. The van der Waals surface area contributed by atoms with Crippen molar-refractivity contribution in [2.24, 2.45) is 14.1 Å². The number of aromatic nitrogens is 6. The van der Waals surface area contributed by atoms with Crippen LogP contribution in [-0.4, -0.2) is 29.1 Å². The van der Waals surface area contributed by atoms with Crippen molar-refractivity contribution in [1.29, 1.82) is 0 Å². The van der Waals surface area contributed by atoms with Crippen LogP contribution in [0, 0.1) is 25.5 Å². The van der Waals surface area contributed by atoms with E-state index in [1.165, 1.54) is 5.56 Å². The van der Waals surface area contributed by atoms with Gasteiger partial charge in [0.15, 0.2) is 10.4 Å². The van der Waals surface area contributed by atoms with Gasteiger partial charge in [0.2, 0.25) is 0 Å². The fourth-order valence-electron chi connectivity index (χ4n) is 2.72. The minimum absolute atomic E-state index is 0.712. The predicted molar refractivity (Wildman–Crippen MR) is 80.4 cm³/mol. The Morgan fingerprint density at radius 1 is 1.05 bits per heavy atom. The summed E-state index contributed by atoms with van der Waals surface area (Å²) >= 11 is 5.46. The summed E-state index contributed by atoms with van der Waals surface area (Å²) in [7, 11) is 3.91. The molecule has 3 heterocycles. The standard InChI is InChI=1S/C13H18N6S/c1-7-10(9(3)17(4)15-7)6-19-12-11(14-13(19)20)8(2)16-18(12)5/h6H2,1-5H3,(H,14,20). The van der Waals surface area contributed by atoms with E-state index in [9.17, 15) is 0 Å². The minimum atomic E-state index is 0.712. The average Bonchev–Trinajstić information content (AvgIpc) is 2.92. The third kappa shape index (κ3) is 1.73. The fourth-order valence-corrected chi connectivity index (χ4v) is 2.98. The molecule has 0 unspecified atom stereocenters. The summed E-state index contributed by atoms with van der Waals surface area (Å²) in [6.45, 7) is 6.81. The van der Waals surface area contributed by atoms with Gasteiger partial charge in [-0.25, -0.2) is 0 Å². The number of hydrogen-bond donors (Lipinski definition) is 1. The lowest BCUT2D eigenvalue weighted by Crippen LogP contribution is -2.06. The highest BCUT2D eigenvalue weighted by Crippen LogP contribution is 2.20. The van der Waals surface area contributed by atoms with Crippen LogP contribution in [0.2, 0.25) is 0 Å². The second-order valence-electron chi connectivity index (χ2n) is 5.20. The molecule has 0 spiro atoms. The van der Waals surface area contributed by atoms with Crippen molar-refractivity contribution in [1.82, 2.24) is 29.1 Å². The van der Waals surface area contributed by atoms with Crippen molar-refractivity contribution in [2.45, 2.75) is 27.3 Å². The smallest absolute Gasteiger partial charge is 0.179 e. The van der Waals surface area contributed by atoms with Crippen LogP contribution in [0.25, 0.3) is 11.2 Å². The van der Waals surface area contributed by atoms with E-state index in [1.54, 1.807) is 0 Å². The van der Waals surface area contributed by atoms with Gasteiger partial charge >= 0.3 is 0 Å². The molecule has 3 aromatic heterocycles. The van der Waals surface area contributed by atoms with Gasteiger partial charge in [-0.3, -0.25) is 13.9 Å². The topological polar surface area (TPSA) is 56.4 Å². The first-order chi connectivity index (χ1) is 9.40. The van der Waals surface area contributed by atoms with Gasteiger partial charge in [-0.05, 0) is 33.0 Å². The fraction of sp³-hybridized carbons (Fsp3) is 0.462. The lowest BCUT2D eigenvalue weighted by Gasteiger charge is -2.06. The summed E-state index contributed by atoms with van der Waals surface area (Å²) in [5.74, 6) is 0. The lowest BCUT2D eigenvalue weighted by molar-refractivity contribution is 0.707. The number of nitrogens with one attached hydrogen (secondary N) is 1. The Labute approximate surface area is 122 Å². The number of H-pyrrole nitrogens is 1. The molecule has 106 valence electrons. The molecule has 0 saturated carbocycles. The van der Waals surface area contributed by atoms with Crippen LogP contribution in [0.1, 0.15) is 22.6 Å². The summed E-state index contributed by atoms with van der Waals surface area (Å²) in [5.41, 5.74) is 6.42. The van der Waals surface area contributed by atoms with E-state index in [4.69, 9.17) is 12.2 Å². The molecule has 0 fully saturated rings. The molecule has 1 N–H and O–H groups in total. The number of aryl methyl sites for hydroxylation is 4. The van der Waals surface area contributed by atoms with Gasteiger partial charge in [0.25, 0.3) is 0 Å². The number of rotatable bonds is 2. The monoisotopic (exact) mass is 290 g/mol. The molecule has 20 heavy (non-hydrogen) atoms. The van der Waals surface area contributed by atoms with Crippen LogP contribution in [0.15, 0.2) is 0 Å². The second-order valence-corrected chi connectivity index (χ2v) is 5.58. The number of nitrogens with zero attached hydrogens (tertiary/aromatic N) is 5. The van der Waals surface area contributed by atoms with E-state index in [0.717, 1.165) is 33.0 Å². The Kier molecular flexibility index (Phi) is 2.82. The third-order valence-electron chi connectivity index (χ3n) is 3.90. The van der Waals surface area contributed by atoms with Crippen LogP contribution in [0.4, 0.5) is 0 Å². The summed E-state index contributed by atoms with van der Waals surface area (Å²) in [6, 6.07) is 0. The SMILES string of the molecule is Cc1nn(C)c(C)c1Cn1c(=S)[nH]c2c(C)nn(C)c21. The van der Waals surface area contributed by atoms with E-state index in [2.05, 4.69) is 26.7 Å². The number of fused-ring (bicyclic) bond motifs is 1. The molecular formula is C13H18N6S. The molecule has 6 nitrogen and oxygen atoms in total. The molecule has 0 bridgehead atoms. The summed E-state index contributed by atoms with van der Waals surface area (Å²) < 4.78 is 6.59. The zero-order chi connectivity index (χ0) is 14.6. The van der Waals surface area contributed by atoms with Crippen molar-refractivity contribution in [3.05, 3.63) is 27.4 Å². The first-order valence-corrected chi connectivity index (χ1v) is 6.92. The van der Waals surface area contributed by atoms with Crippen molar-refractivity contribution in [3.8, 4) is 0 Å². The molecule has 0 aliphatic rings. The molecule has 0 aliphatic carbocycles. The van der Waals surface area contributed by atoms with Gasteiger partial charge in [0.1, 0.15) is 5.52 Å². The zero-order valence-corrected chi connectivity index (χ0v) is 13.2. The Balaban J connectivity index is 2.20. The maximum absolute atomic E-state index is 5.46. The van der Waals surface area contributed by atoms with Gasteiger partial charge in [0.05, 0.1) is 17.9 Å². The van der Waals surface area contributed by atoms with E-state index in [-0.39, 0.29) is 0 Å². The van der Waals surface area contributed by atoms with E-state index in [0.29, 0.717) is 6.54 Å². The first-order valence-electron chi connectivity index (χ1n) is 6.51. The summed E-state index contributed by atoms with van der Waals surface area (Å²) in [6.07, 6.45) is 0. The molecule has 3 rings (SSSR count). The largest absolute Gasteiger partial charge is 0.328 e. The minimum Gasteiger partial charge on any atom is -0.328 e. The molecule has 0 amide bonds. The molecule has 0 aromatic carbocycles. The van der Waals surface area contributed by atoms with Crippen LogP contribution in [0.3, 0.4) is 0 Å². The molecule has 0 atom stereocenters. The van der Waals surface area contributed by atoms with Gasteiger partial charge in [-0.1, -0.05) is 0 Å². The van der Waals surface area contributed by atoms with Gasteiger partial charge in [0, 0.05) is 25.4 Å². The molecule has 3 aromatic rings. The maximum atomic E-state index is 5.46. The molecule has 0 radical (unpaired) electrons. The molecule has 0 saturated heterocycles. The lowest BCUT2D eigenvalue weighted by atomic mass is 10.2. The maximum Gasteiger partial charge on any atom is 0.179 e. The van der Waals surface area contributed by atoms with Crippen molar-refractivity contribution >= 4 is 23.4 Å². The Hall–Kier alpha value is -1.89. The van der Waals surface area contributed by atoms with E-state index < -0.39 is 0 Å². The average molecular weight is 290 g/mol. The summed E-state index contributed by atoms with van der Waals surface area (Å²) in [5, 5.41) is 8.91. The number of imidazole rings is 1. The normalized spacial score (nSPS) is 11.7. The second kappa shape index (κ2) is 4.31. The Morgan fingerprint density at radius 2 is 1.70 bits per heavy atom. The van der Waals surface area contributed by atoms with Gasteiger partial charge in [-0.2, -0.15) is 10.2 Å². The molecular weight excluding hydrogens is 272 g/mol. The van der Waals surface area contributed by atoms with Crippen LogP contribution >= 0.6 is 12.2 Å². The van der Waals surface area contributed by atoms with Gasteiger partial charge < -0.3 is 4.98 Å². The number of hydrogen-bond acceptors (Lipinski definition) is 3. The Morgan fingerprint density at radius 3 is 2.30 bits per heavy atom. The molecule has 0 aliphatic heterocycles. The van der Waals surface area contributed by atoms with Crippen LogP contribution in [0.5, 0.6) is 0 Å². The van der Waals surface area contributed by atoms with E-state index >= 15 is 0 Å².